The molecule has 2 aliphatic heterocycles. The van der Waals surface area contributed by atoms with Crippen LogP contribution in [0.15, 0.2) is 82.2 Å². The van der Waals surface area contributed by atoms with Crippen LogP contribution in [0.5, 0.6) is 5.75 Å². The lowest BCUT2D eigenvalue weighted by molar-refractivity contribution is -0.138. The van der Waals surface area contributed by atoms with E-state index in [9.17, 15) is 14.4 Å². The molecule has 0 saturated carbocycles. The molecule has 0 unspecified atom stereocenters. The maximum Gasteiger partial charge on any atom is 0.338 e. The maximum absolute atomic E-state index is 14.1. The number of hydrogen-bond donors (Lipinski definition) is 0. The molecule has 2 aromatic carbocycles. The Kier molecular flexibility index (Phi) is 6.39. The normalized spacial score (nSPS) is 17.8. The van der Waals surface area contributed by atoms with Gasteiger partial charge in [0.05, 0.1) is 35.7 Å². The van der Waals surface area contributed by atoms with Gasteiger partial charge in [-0.3, -0.25) is 14.2 Å². The standard InChI is InChI=1S/C28H25N3O5S/c1-5-15-36-27(34)21-16(3)29-28-31(23(21)17-11-13-18(35-4)14-12-17)26(33)24(37-28)22-19-9-7-8-10-20(19)30(6-2)25(22)32/h5,7-14,23H,1,6,15H2,2-4H3/b24-22-/t23-/m1/s1. The van der Waals surface area contributed by atoms with Gasteiger partial charge in [0.15, 0.2) is 4.80 Å². The molecule has 5 rings (SSSR count). The van der Waals surface area contributed by atoms with Crippen molar-refractivity contribution in [3.8, 4) is 5.75 Å². The van der Waals surface area contributed by atoms with E-state index in [4.69, 9.17) is 9.47 Å². The molecule has 1 aromatic heterocycles. The summed E-state index contributed by atoms with van der Waals surface area (Å²) < 4.78 is 12.4. The minimum atomic E-state index is -0.789. The predicted molar refractivity (Wildman–Crippen MR) is 141 cm³/mol. The summed E-state index contributed by atoms with van der Waals surface area (Å²) in [5, 5.41) is 0. The van der Waals surface area contributed by atoms with Gasteiger partial charge in [-0.05, 0) is 37.6 Å². The first kappa shape index (κ1) is 24.5. The van der Waals surface area contributed by atoms with E-state index in [0.717, 1.165) is 17.0 Å². The van der Waals surface area contributed by atoms with E-state index >= 15 is 0 Å². The molecule has 9 heteroatoms. The van der Waals surface area contributed by atoms with Gasteiger partial charge in [0.2, 0.25) is 0 Å². The molecular weight excluding hydrogens is 490 g/mol. The number of hydrogen-bond acceptors (Lipinski definition) is 7. The van der Waals surface area contributed by atoms with Gasteiger partial charge >= 0.3 is 5.97 Å². The number of aromatic nitrogens is 1. The van der Waals surface area contributed by atoms with E-state index in [1.807, 2.05) is 31.2 Å². The third kappa shape index (κ3) is 3.92. The number of likely N-dealkylation sites (N-methyl/N-ethyl adjacent to an activating group) is 1. The number of benzene rings is 2. The Balaban J connectivity index is 1.79. The second kappa shape index (κ2) is 9.67. The van der Waals surface area contributed by atoms with Crippen molar-refractivity contribution in [3.05, 3.63) is 103 Å². The van der Waals surface area contributed by atoms with Crippen molar-refractivity contribution in [2.45, 2.75) is 19.9 Å². The number of anilines is 1. The number of nitrogens with zero attached hydrogens (tertiary/aromatic N) is 3. The molecule has 0 bridgehead atoms. The van der Waals surface area contributed by atoms with Crippen molar-refractivity contribution in [1.29, 1.82) is 0 Å². The molecule has 1 atom stereocenters. The molecule has 2 aliphatic rings. The zero-order valence-corrected chi connectivity index (χ0v) is 21.5. The fourth-order valence-electron chi connectivity index (χ4n) is 4.76. The van der Waals surface area contributed by atoms with Crippen LogP contribution in [0, 0.1) is 0 Å². The summed E-state index contributed by atoms with van der Waals surface area (Å²) in [6.07, 6.45) is 1.48. The van der Waals surface area contributed by atoms with Gasteiger partial charge in [-0.1, -0.05) is 54.3 Å². The molecule has 0 N–H and O–H groups in total. The molecule has 0 radical (unpaired) electrons. The minimum absolute atomic E-state index is 0.0254. The first-order chi connectivity index (χ1) is 17.9. The van der Waals surface area contributed by atoms with E-state index in [-0.39, 0.29) is 23.6 Å². The minimum Gasteiger partial charge on any atom is -0.497 e. The molecule has 188 valence electrons. The molecule has 8 nitrogen and oxygen atoms in total. The second-order valence-electron chi connectivity index (χ2n) is 8.50. The largest absolute Gasteiger partial charge is 0.497 e. The van der Waals surface area contributed by atoms with Crippen LogP contribution in [0.4, 0.5) is 5.69 Å². The number of para-hydroxylation sites is 1. The van der Waals surface area contributed by atoms with Crippen LogP contribution in [0.25, 0.3) is 5.57 Å². The molecule has 0 fully saturated rings. The van der Waals surface area contributed by atoms with Crippen LogP contribution in [0.3, 0.4) is 0 Å². The van der Waals surface area contributed by atoms with Gasteiger partial charge < -0.3 is 14.4 Å². The first-order valence-corrected chi connectivity index (χ1v) is 12.6. The summed E-state index contributed by atoms with van der Waals surface area (Å²) in [5.41, 5.74) is 2.83. The molecule has 3 aromatic rings. The van der Waals surface area contributed by atoms with Crippen LogP contribution in [0.1, 0.15) is 31.0 Å². The third-order valence-electron chi connectivity index (χ3n) is 6.45. The number of esters is 1. The van der Waals surface area contributed by atoms with Gasteiger partial charge in [-0.25, -0.2) is 9.79 Å². The van der Waals surface area contributed by atoms with Gasteiger partial charge in [-0.15, -0.1) is 0 Å². The summed E-state index contributed by atoms with van der Waals surface area (Å²) in [5.74, 6) is -0.168. The van der Waals surface area contributed by atoms with Gasteiger partial charge in [0.1, 0.15) is 16.9 Å². The molecule has 1 amide bonds. The summed E-state index contributed by atoms with van der Waals surface area (Å²) in [6.45, 7) is 7.72. The van der Waals surface area contributed by atoms with E-state index < -0.39 is 12.0 Å². The smallest absolute Gasteiger partial charge is 0.338 e. The Bertz CT molecular complexity index is 1650. The van der Waals surface area contributed by atoms with Crippen molar-refractivity contribution < 1.29 is 19.1 Å². The van der Waals surface area contributed by atoms with Gasteiger partial charge in [0, 0.05) is 12.1 Å². The predicted octanol–water partition coefficient (Wildman–Crippen LogP) is 2.71. The highest BCUT2D eigenvalue weighted by atomic mass is 32.1. The topological polar surface area (TPSA) is 90.2 Å². The Morgan fingerprint density at radius 3 is 2.57 bits per heavy atom. The first-order valence-electron chi connectivity index (χ1n) is 11.8. The van der Waals surface area contributed by atoms with E-state index in [0.29, 0.717) is 44.0 Å². The van der Waals surface area contributed by atoms with E-state index in [1.165, 1.54) is 10.6 Å². The Hall–Kier alpha value is -4.24. The Morgan fingerprint density at radius 2 is 1.89 bits per heavy atom. The molecule has 3 heterocycles. The number of ether oxygens (including phenoxy) is 2. The second-order valence-corrected chi connectivity index (χ2v) is 9.48. The zero-order chi connectivity index (χ0) is 26.3. The van der Waals surface area contributed by atoms with Gasteiger partial charge in [-0.2, -0.15) is 0 Å². The van der Waals surface area contributed by atoms with Crippen molar-refractivity contribution >= 4 is 34.5 Å². The van der Waals surface area contributed by atoms with Gasteiger partial charge in [0.25, 0.3) is 11.5 Å². The Labute approximate surface area is 217 Å². The van der Waals surface area contributed by atoms with Crippen LogP contribution in [0.2, 0.25) is 0 Å². The summed E-state index contributed by atoms with van der Waals surface area (Å²) in [4.78, 5) is 47.3. The molecule has 0 aliphatic carbocycles. The highest BCUT2D eigenvalue weighted by molar-refractivity contribution is 7.07. The molecule has 0 spiro atoms. The van der Waals surface area contributed by atoms with E-state index in [2.05, 4.69) is 11.6 Å². The average molecular weight is 516 g/mol. The number of fused-ring (bicyclic) bond motifs is 2. The van der Waals surface area contributed by atoms with Crippen LogP contribution in [-0.4, -0.2) is 36.7 Å². The number of carbonyl (C=O) groups is 2. The third-order valence-corrected chi connectivity index (χ3v) is 7.50. The van der Waals surface area contributed by atoms with Crippen LogP contribution < -0.4 is 24.5 Å². The number of thiazole rings is 1. The summed E-state index contributed by atoms with van der Waals surface area (Å²) in [7, 11) is 1.57. The van der Waals surface area contributed by atoms with Crippen LogP contribution >= 0.6 is 11.3 Å². The maximum atomic E-state index is 14.1. The average Bonchev–Trinajstić information content (AvgIpc) is 3.38. The highest BCUT2D eigenvalue weighted by Crippen LogP contribution is 2.35. The lowest BCUT2D eigenvalue weighted by atomic mass is 9.96. The lowest BCUT2D eigenvalue weighted by Crippen LogP contribution is -2.41. The molecular formula is C28H25N3O5S. The molecule has 37 heavy (non-hydrogen) atoms. The lowest BCUT2D eigenvalue weighted by Gasteiger charge is -2.24. The summed E-state index contributed by atoms with van der Waals surface area (Å²) in [6, 6.07) is 13.8. The highest BCUT2D eigenvalue weighted by Gasteiger charge is 2.36. The number of carbonyl (C=O) groups excluding carboxylic acids is 2. The fraction of sp³-hybridized carbons (Fsp3) is 0.214. The zero-order valence-electron chi connectivity index (χ0n) is 20.7. The number of rotatable bonds is 6. The number of methoxy groups -OCH3 is 1. The SMILES string of the molecule is C=CCOC(=O)C1=C(C)N=c2s/c(=C3\C(=O)N(CC)c4ccccc43)c(=O)n2[C@@H]1c1ccc(OC)cc1. The van der Waals surface area contributed by atoms with Crippen LogP contribution in [-0.2, 0) is 14.3 Å². The number of amides is 1. The monoisotopic (exact) mass is 515 g/mol. The fourth-order valence-corrected chi connectivity index (χ4v) is 5.90. The quantitative estimate of drug-likeness (QED) is 0.372. The van der Waals surface area contributed by atoms with Crippen molar-refractivity contribution in [2.75, 3.05) is 25.2 Å². The number of allylic oxidation sites excluding steroid dienone is 1. The van der Waals surface area contributed by atoms with E-state index in [1.54, 1.807) is 43.2 Å². The summed E-state index contributed by atoms with van der Waals surface area (Å²) >= 11 is 1.15. The molecule has 0 saturated heterocycles. The Morgan fingerprint density at radius 1 is 1.16 bits per heavy atom. The van der Waals surface area contributed by atoms with Crippen molar-refractivity contribution in [1.82, 2.24) is 4.57 Å². The van der Waals surface area contributed by atoms with Crippen molar-refractivity contribution in [2.24, 2.45) is 4.99 Å². The van der Waals surface area contributed by atoms with Crippen molar-refractivity contribution in [3.63, 3.8) is 0 Å².